The average molecular weight is 991 g/mol. The van der Waals surface area contributed by atoms with Gasteiger partial charge >= 0.3 is 69.4 Å². The molecule has 0 aromatic carbocycles. The molecule has 0 unspecified atom stereocenters. The van der Waals surface area contributed by atoms with Crippen molar-refractivity contribution in [1.82, 2.24) is 0 Å². The van der Waals surface area contributed by atoms with E-state index in [9.17, 15) is 29.7 Å². The third-order valence-electron chi connectivity index (χ3n) is 7.45. The molecular formula is C36H69Al4O18P3. The molecule has 0 amide bonds. The molecule has 0 aliphatic carbocycles. The van der Waals surface area contributed by atoms with Crippen LogP contribution in [0.2, 0.25) is 0 Å². The number of carboxylic acid groups (broad SMARTS) is 3. The summed E-state index contributed by atoms with van der Waals surface area (Å²) in [5, 5.41) is 30.3. The molecule has 0 radical (unpaired) electrons. The fourth-order valence-corrected chi connectivity index (χ4v) is 4.74. The van der Waals surface area contributed by atoms with E-state index in [0.717, 1.165) is 38.5 Å². The molecule has 25 heteroatoms. The number of hydrogen-bond donors (Lipinski definition) is 0. The summed E-state index contributed by atoms with van der Waals surface area (Å²) in [6.07, 6.45) is 33.5. The molecule has 18 nitrogen and oxygen atoms in total. The van der Waals surface area contributed by atoms with Gasteiger partial charge in [-0.3, -0.25) is 0 Å². The second-order valence-electron chi connectivity index (χ2n) is 13.2. The van der Waals surface area contributed by atoms with E-state index in [1.54, 1.807) is 0 Å². The van der Waals surface area contributed by atoms with Gasteiger partial charge in [-0.1, -0.05) is 175 Å². The number of unbranched alkanes of at least 4 members (excludes halogenated alkanes) is 24. The number of carbonyl (C=O) groups excluding carboxylic acids is 3. The Bertz CT molecular complexity index is 872. The van der Waals surface area contributed by atoms with E-state index in [-0.39, 0.29) is 88.7 Å². The van der Waals surface area contributed by atoms with Crippen LogP contribution in [0.25, 0.3) is 0 Å². The molecule has 0 rings (SSSR count). The second kappa shape index (κ2) is 65.1. The van der Waals surface area contributed by atoms with E-state index < -0.39 is 41.4 Å². The van der Waals surface area contributed by atoms with Gasteiger partial charge in [0.25, 0.3) is 0 Å². The van der Waals surface area contributed by atoms with E-state index >= 15 is 0 Å². The van der Waals surface area contributed by atoms with Crippen molar-refractivity contribution in [3.05, 3.63) is 0 Å². The number of phosphoric acid groups is 3. The van der Waals surface area contributed by atoms with Gasteiger partial charge in [0.1, 0.15) is 0 Å². The normalized spacial score (nSPS) is 10.0. The fraction of sp³-hybridized carbons (Fsp3) is 0.917. The molecule has 0 aliphatic heterocycles. The molecule has 0 saturated heterocycles. The maximum absolute atomic E-state index is 10.1. The Balaban J connectivity index is -0.0000000666. The largest absolute Gasteiger partial charge is 3.00 e. The van der Waals surface area contributed by atoms with E-state index in [0.29, 0.717) is 0 Å². The van der Waals surface area contributed by atoms with Gasteiger partial charge in [0.2, 0.25) is 0 Å². The van der Waals surface area contributed by atoms with Crippen LogP contribution in [0.4, 0.5) is 0 Å². The molecular weight excluding hydrogens is 921 g/mol. The van der Waals surface area contributed by atoms with Gasteiger partial charge in [-0.05, 0) is 38.5 Å². The van der Waals surface area contributed by atoms with Crippen LogP contribution in [0.15, 0.2) is 0 Å². The molecule has 0 aliphatic rings. The van der Waals surface area contributed by atoms with Gasteiger partial charge in [-0.2, -0.15) is 23.5 Å². The molecule has 0 saturated carbocycles. The summed E-state index contributed by atoms with van der Waals surface area (Å²) in [5.74, 6) is -2.73. The van der Waals surface area contributed by atoms with Crippen LogP contribution in [0.3, 0.4) is 0 Å². The van der Waals surface area contributed by atoms with Crippen LogP contribution in [-0.2, 0) is 28.1 Å². The summed E-state index contributed by atoms with van der Waals surface area (Å²) in [6, 6.07) is 0. The third kappa shape index (κ3) is 184. The molecule has 0 N–H and O–H groups in total. The standard InChI is InChI=1S/3C12H24O2.4Al.3H3O4P/c3*1-2-3-4-5-6-7-8-9-10-11-12(13)14;;;;;3*1-5(2,3)4/h3*2-11H2,1H3,(H,13,14);;;;;3*(H3,1,2,3,4)/q;;;4*+3;;;/p-12. The number of rotatable bonds is 30. The van der Waals surface area contributed by atoms with Gasteiger partial charge < -0.3 is 87.4 Å². The van der Waals surface area contributed by atoms with Crippen molar-refractivity contribution >= 4 is 111 Å². The van der Waals surface area contributed by atoms with Crippen LogP contribution < -0.4 is 59.4 Å². The Hall–Kier alpha value is 0.870. The van der Waals surface area contributed by atoms with Crippen LogP contribution in [-0.4, -0.2) is 87.4 Å². The van der Waals surface area contributed by atoms with Gasteiger partial charge in [-0.15, -0.1) is 0 Å². The minimum Gasteiger partial charge on any atom is -0.822 e. The number of aliphatic carboxylic acids is 3. The van der Waals surface area contributed by atoms with Crippen molar-refractivity contribution in [3.8, 4) is 0 Å². The second-order valence-corrected chi connectivity index (χ2v) is 15.9. The van der Waals surface area contributed by atoms with Gasteiger partial charge in [0.05, 0.1) is 0 Å². The minimum absolute atomic E-state index is 0. The summed E-state index contributed by atoms with van der Waals surface area (Å²) in [7, 11) is -16.2. The zero-order valence-corrected chi connectivity index (χ0v) is 44.0. The summed E-state index contributed by atoms with van der Waals surface area (Å²) >= 11 is 0. The maximum atomic E-state index is 10.1. The Kier molecular flexibility index (Phi) is 91.0. The molecule has 0 aromatic rings. The Morgan fingerprint density at radius 1 is 0.279 bits per heavy atom. The van der Waals surface area contributed by atoms with E-state index in [4.69, 9.17) is 57.7 Å². The van der Waals surface area contributed by atoms with E-state index in [1.165, 1.54) is 135 Å². The topological polar surface area (TPSA) is 379 Å². The SMILES string of the molecule is CCCCCCCCCCCC(=O)[O-].CCCCCCCCCCCC(=O)[O-].CCCCCCCCCCCC(=O)[O-].O=P([O-])([O-])[O-].O=P([O-])([O-])[O-].O=P([O-])([O-])[O-].[Al+3].[Al+3].[Al+3].[Al+3]. The molecule has 0 fully saturated rings. The van der Waals surface area contributed by atoms with Gasteiger partial charge in [0, 0.05) is 17.9 Å². The number of hydrogen-bond acceptors (Lipinski definition) is 18. The first-order chi connectivity index (χ1) is 26.3. The number of carbonyl (C=O) groups is 3. The molecule has 0 spiro atoms. The average Bonchev–Trinajstić information content (AvgIpc) is 3.04. The molecule has 61 heavy (non-hydrogen) atoms. The zero-order valence-electron chi connectivity index (χ0n) is 36.7. The van der Waals surface area contributed by atoms with Crippen molar-refractivity contribution in [2.45, 2.75) is 213 Å². The van der Waals surface area contributed by atoms with Crippen molar-refractivity contribution in [2.75, 3.05) is 0 Å². The van der Waals surface area contributed by atoms with Crippen molar-refractivity contribution in [2.24, 2.45) is 0 Å². The molecule has 0 aromatic heterocycles. The zero-order chi connectivity index (χ0) is 45.4. The predicted molar refractivity (Wildman–Crippen MR) is 216 cm³/mol. The molecule has 0 heterocycles. The van der Waals surface area contributed by atoms with E-state index in [2.05, 4.69) is 20.8 Å². The summed E-state index contributed by atoms with van der Waals surface area (Å²) in [6.45, 7) is 6.67. The summed E-state index contributed by atoms with van der Waals surface area (Å²) in [4.78, 5) is 107. The Morgan fingerprint density at radius 2 is 0.377 bits per heavy atom. The summed E-state index contributed by atoms with van der Waals surface area (Å²) < 4.78 is 25.6. The van der Waals surface area contributed by atoms with Crippen molar-refractivity contribution in [3.63, 3.8) is 0 Å². The van der Waals surface area contributed by atoms with Gasteiger partial charge in [-0.25, -0.2) is 0 Å². The van der Waals surface area contributed by atoms with Crippen molar-refractivity contribution in [1.29, 1.82) is 0 Å². The summed E-state index contributed by atoms with van der Waals surface area (Å²) in [5.41, 5.74) is 0. The first-order valence-electron chi connectivity index (χ1n) is 20.1. The number of carboxylic acids is 3. The molecule has 0 bridgehead atoms. The predicted octanol–water partition coefficient (Wildman–Crippen LogP) is -2.03. The monoisotopic (exact) mass is 990 g/mol. The Morgan fingerprint density at radius 3 is 0.475 bits per heavy atom. The van der Waals surface area contributed by atoms with Crippen molar-refractivity contribution < 1.29 is 87.4 Å². The third-order valence-corrected chi connectivity index (χ3v) is 7.45. The van der Waals surface area contributed by atoms with E-state index in [1.807, 2.05) is 0 Å². The Labute approximate surface area is 409 Å². The molecule has 0 atom stereocenters. The first kappa shape index (κ1) is 85.2. The van der Waals surface area contributed by atoms with Gasteiger partial charge in [0.15, 0.2) is 0 Å². The minimum atomic E-state index is -5.39. The van der Waals surface area contributed by atoms with Crippen LogP contribution in [0.5, 0.6) is 0 Å². The smallest absolute Gasteiger partial charge is 0.822 e. The molecule has 348 valence electrons. The van der Waals surface area contributed by atoms with Crippen LogP contribution in [0.1, 0.15) is 213 Å². The quantitative estimate of drug-likeness (QED) is 0.0426. The first-order valence-corrected chi connectivity index (χ1v) is 24.5. The maximum Gasteiger partial charge on any atom is 3.00 e. The fourth-order valence-electron chi connectivity index (χ4n) is 4.74. The van der Waals surface area contributed by atoms with Crippen LogP contribution in [0, 0.1) is 0 Å². The van der Waals surface area contributed by atoms with Crippen LogP contribution >= 0.6 is 23.5 Å².